The molecular weight excluding hydrogens is 230 g/mol. The van der Waals surface area contributed by atoms with Gasteiger partial charge in [-0.1, -0.05) is 41.5 Å². The van der Waals surface area contributed by atoms with Crippen LogP contribution in [0.1, 0.15) is 0 Å². The summed E-state index contributed by atoms with van der Waals surface area (Å²) in [7, 11) is 0. The summed E-state index contributed by atoms with van der Waals surface area (Å²) in [6, 6.07) is 13.6. The summed E-state index contributed by atoms with van der Waals surface area (Å²) in [5.74, 6) is -1.33. The zero-order valence-electron chi connectivity index (χ0n) is 7.80. The summed E-state index contributed by atoms with van der Waals surface area (Å²) in [6.07, 6.45) is 0. The van der Waals surface area contributed by atoms with Crippen molar-refractivity contribution >= 4 is 0 Å². The van der Waals surface area contributed by atoms with Gasteiger partial charge in [0.2, 0.25) is 0 Å². The number of rotatable bonds is 1. The summed E-state index contributed by atoms with van der Waals surface area (Å²) >= 11 is 0. The summed E-state index contributed by atoms with van der Waals surface area (Å²) < 4.78 is 25.8. The Morgan fingerprint density at radius 2 is 1.53 bits per heavy atom. The van der Waals surface area contributed by atoms with E-state index in [1.165, 1.54) is 12.1 Å². The Kier molecular flexibility index (Phi) is 4.19. The maximum atomic E-state index is 13.2. The Morgan fingerprint density at radius 3 is 2.13 bits per heavy atom. The molecule has 2 aromatic rings. The monoisotopic (exact) mass is 237 g/mol. The Bertz CT molecular complexity index is 441. The third-order valence-corrected chi connectivity index (χ3v) is 1.95. The van der Waals surface area contributed by atoms with Gasteiger partial charge >= 0.3 is 0 Å². The van der Waals surface area contributed by atoms with Gasteiger partial charge in [-0.05, 0) is 0 Å². The van der Waals surface area contributed by atoms with Gasteiger partial charge in [0, 0.05) is 33.4 Å². The molecule has 0 aromatic heterocycles. The maximum Gasteiger partial charge on any atom is 0.0212 e. The molecule has 0 heterocycles. The maximum absolute atomic E-state index is 13.2. The molecule has 0 aliphatic heterocycles. The van der Waals surface area contributed by atoms with Gasteiger partial charge in [0.05, 0.1) is 0 Å². The van der Waals surface area contributed by atoms with Crippen LogP contribution in [0.3, 0.4) is 0 Å². The molecule has 0 aliphatic rings. The van der Waals surface area contributed by atoms with Crippen LogP contribution in [0.15, 0.2) is 42.5 Å². The number of hydrogen-bond donors (Lipinski definition) is 0. The summed E-state index contributed by atoms with van der Waals surface area (Å²) in [5.41, 5.74) is 1.09. The van der Waals surface area contributed by atoms with Gasteiger partial charge in [0.15, 0.2) is 0 Å². The Morgan fingerprint density at radius 1 is 0.867 bits per heavy atom. The zero-order valence-corrected chi connectivity index (χ0v) is 9.36. The van der Waals surface area contributed by atoms with Gasteiger partial charge in [-0.2, -0.15) is 6.07 Å². The van der Waals surface area contributed by atoms with Gasteiger partial charge in [0.1, 0.15) is 0 Å². The van der Waals surface area contributed by atoms with Crippen molar-refractivity contribution in [1.29, 1.82) is 0 Å². The first kappa shape index (κ1) is 12.1. The Labute approximate surface area is 102 Å². The summed E-state index contributed by atoms with van der Waals surface area (Å²) in [6.45, 7) is 0. The molecule has 0 atom stereocenters. The van der Waals surface area contributed by atoms with E-state index in [4.69, 9.17) is 0 Å². The fourth-order valence-corrected chi connectivity index (χ4v) is 1.28. The molecule has 0 fully saturated rings. The van der Waals surface area contributed by atoms with Crippen LogP contribution in [0.25, 0.3) is 11.1 Å². The van der Waals surface area contributed by atoms with Crippen LogP contribution in [0.2, 0.25) is 0 Å². The smallest absolute Gasteiger partial charge is 0.0212 e. The predicted octanol–water partition coefficient (Wildman–Crippen LogP) is 3.43. The molecule has 0 spiro atoms. The van der Waals surface area contributed by atoms with Crippen LogP contribution in [0, 0.1) is 17.7 Å². The van der Waals surface area contributed by atoms with Crippen molar-refractivity contribution in [1.82, 2.24) is 0 Å². The van der Waals surface area contributed by atoms with Gasteiger partial charge in [-0.3, -0.25) is 0 Å². The van der Waals surface area contributed by atoms with Crippen LogP contribution < -0.4 is 0 Å². The van der Waals surface area contributed by atoms with Crippen LogP contribution in [-0.4, -0.2) is 0 Å². The van der Waals surface area contributed by atoms with Crippen molar-refractivity contribution in [2.45, 2.75) is 0 Å². The van der Waals surface area contributed by atoms with E-state index in [1.807, 2.05) is 12.1 Å². The topological polar surface area (TPSA) is 0 Å². The van der Waals surface area contributed by atoms with Gasteiger partial charge in [-0.15, -0.1) is 12.1 Å². The van der Waals surface area contributed by atoms with Crippen molar-refractivity contribution in [3.8, 4) is 11.1 Å². The molecule has 2 aromatic carbocycles. The van der Waals surface area contributed by atoms with Crippen molar-refractivity contribution in [2.24, 2.45) is 0 Å². The van der Waals surface area contributed by atoms with E-state index in [1.54, 1.807) is 24.3 Å². The van der Waals surface area contributed by atoms with E-state index in [2.05, 4.69) is 0 Å². The minimum Gasteiger partial charge on any atom is -0.236 e. The van der Waals surface area contributed by atoms with E-state index in [-0.39, 0.29) is 21.7 Å². The predicted molar refractivity (Wildman–Crippen MR) is 50.6 cm³/mol. The van der Waals surface area contributed by atoms with E-state index < -0.39 is 11.6 Å². The zero-order chi connectivity index (χ0) is 9.97. The SMILES string of the molecule is Fc1[c-]c(F)c(-c2ccccc2)cc1.[Ti]. The molecule has 0 amide bonds. The van der Waals surface area contributed by atoms with Crippen molar-refractivity contribution < 1.29 is 30.5 Å². The minimum absolute atomic E-state index is 0. The largest absolute Gasteiger partial charge is 0.236 e. The summed E-state index contributed by atoms with van der Waals surface area (Å²) in [4.78, 5) is 0. The van der Waals surface area contributed by atoms with Crippen LogP contribution in [-0.2, 0) is 21.7 Å². The van der Waals surface area contributed by atoms with Gasteiger partial charge < -0.3 is 0 Å². The van der Waals surface area contributed by atoms with E-state index in [0.29, 0.717) is 5.56 Å². The normalized spacial score (nSPS) is 9.47. The molecule has 0 N–H and O–H groups in total. The first-order chi connectivity index (χ1) is 6.77. The van der Waals surface area contributed by atoms with Crippen molar-refractivity contribution in [3.05, 3.63) is 60.2 Å². The minimum atomic E-state index is -0.679. The van der Waals surface area contributed by atoms with Gasteiger partial charge in [0.25, 0.3) is 0 Å². The number of hydrogen-bond acceptors (Lipinski definition) is 0. The Balaban J connectivity index is 0.00000112. The molecule has 0 radical (unpaired) electrons. The molecular formula is C12H7F2Ti-. The third-order valence-electron chi connectivity index (χ3n) is 1.95. The van der Waals surface area contributed by atoms with E-state index >= 15 is 0 Å². The van der Waals surface area contributed by atoms with Crippen molar-refractivity contribution in [2.75, 3.05) is 0 Å². The van der Waals surface area contributed by atoms with E-state index in [9.17, 15) is 8.78 Å². The molecule has 0 bridgehead atoms. The molecule has 0 saturated heterocycles. The second-order valence-corrected chi connectivity index (χ2v) is 2.90. The molecule has 15 heavy (non-hydrogen) atoms. The van der Waals surface area contributed by atoms with Crippen LogP contribution >= 0.6 is 0 Å². The fraction of sp³-hybridized carbons (Fsp3) is 0. The number of halogens is 2. The van der Waals surface area contributed by atoms with Crippen LogP contribution in [0.5, 0.6) is 0 Å². The van der Waals surface area contributed by atoms with Crippen LogP contribution in [0.4, 0.5) is 8.78 Å². The fourth-order valence-electron chi connectivity index (χ4n) is 1.28. The second kappa shape index (κ2) is 5.20. The standard InChI is InChI=1S/C12H7F2.Ti/c13-10-6-7-11(12(14)8-10)9-4-2-1-3-5-9;/h1-7H;/q-1;. The summed E-state index contributed by atoms with van der Waals surface area (Å²) in [5, 5.41) is 0. The molecule has 74 valence electrons. The Hall–Kier alpha value is -0.986. The first-order valence-electron chi connectivity index (χ1n) is 4.20. The third kappa shape index (κ3) is 2.74. The second-order valence-electron chi connectivity index (χ2n) is 2.90. The molecule has 0 unspecified atom stereocenters. The molecule has 2 rings (SSSR count). The average molecular weight is 237 g/mol. The molecule has 0 nitrogen and oxygen atoms in total. The van der Waals surface area contributed by atoms with Gasteiger partial charge in [-0.25, -0.2) is 8.78 Å². The quantitative estimate of drug-likeness (QED) is 0.526. The number of benzene rings is 2. The molecule has 3 heteroatoms. The molecule has 0 aliphatic carbocycles. The first-order valence-corrected chi connectivity index (χ1v) is 4.20. The van der Waals surface area contributed by atoms with E-state index in [0.717, 1.165) is 5.56 Å². The molecule has 0 saturated carbocycles. The average Bonchev–Trinajstić information content (AvgIpc) is 2.19. The van der Waals surface area contributed by atoms with Crippen molar-refractivity contribution in [3.63, 3.8) is 0 Å².